The van der Waals surface area contributed by atoms with E-state index in [0.717, 1.165) is 16.5 Å². The lowest BCUT2D eigenvalue weighted by Crippen LogP contribution is -2.37. The Labute approximate surface area is 150 Å². The van der Waals surface area contributed by atoms with Crippen molar-refractivity contribution < 1.29 is 9.59 Å². The van der Waals surface area contributed by atoms with Gasteiger partial charge in [-0.05, 0) is 42.2 Å². The van der Waals surface area contributed by atoms with Crippen molar-refractivity contribution in [2.75, 3.05) is 11.9 Å². The Kier molecular flexibility index (Phi) is 5.00. The summed E-state index contributed by atoms with van der Waals surface area (Å²) < 4.78 is 0.930. The van der Waals surface area contributed by atoms with Crippen molar-refractivity contribution in [2.24, 2.45) is 0 Å². The second kappa shape index (κ2) is 7.18. The number of amides is 2. The maximum absolute atomic E-state index is 12.4. The number of nitrogens with zero attached hydrogens (tertiary/aromatic N) is 1. The molecule has 1 aliphatic rings. The molecule has 1 aliphatic heterocycles. The van der Waals surface area contributed by atoms with Gasteiger partial charge in [0.15, 0.2) is 0 Å². The van der Waals surface area contributed by atoms with E-state index in [-0.39, 0.29) is 18.2 Å². The third-order valence-corrected chi connectivity index (χ3v) is 5.11. The molecule has 0 fully saturated rings. The van der Waals surface area contributed by atoms with E-state index in [1.165, 1.54) is 11.1 Å². The van der Waals surface area contributed by atoms with Crippen LogP contribution in [-0.4, -0.2) is 23.3 Å². The van der Waals surface area contributed by atoms with E-state index in [9.17, 15) is 9.59 Å². The second-order valence-corrected chi connectivity index (χ2v) is 6.88. The average molecular weight is 387 g/mol. The standard InChI is InChI=1S/C19H19BrN2O2/c1-13-6-7-16(10-17(13)20)21-18(23)11-19(24)22-9-8-14-4-2-3-5-15(14)12-22/h2-7,10H,8-9,11-12H2,1H3,(H,21,23). The van der Waals surface area contributed by atoms with Crippen LogP contribution in [0, 0.1) is 6.92 Å². The maximum atomic E-state index is 12.4. The number of halogens is 1. The van der Waals surface area contributed by atoms with E-state index >= 15 is 0 Å². The molecule has 2 amide bonds. The normalized spacial score (nSPS) is 13.3. The Morgan fingerprint density at radius 3 is 2.67 bits per heavy atom. The maximum Gasteiger partial charge on any atom is 0.233 e. The van der Waals surface area contributed by atoms with Crippen LogP contribution < -0.4 is 5.32 Å². The number of hydrogen-bond donors (Lipinski definition) is 1. The SMILES string of the molecule is Cc1ccc(NC(=O)CC(=O)N2CCc3ccccc3C2)cc1Br. The lowest BCUT2D eigenvalue weighted by atomic mass is 10.00. The summed E-state index contributed by atoms with van der Waals surface area (Å²) in [4.78, 5) is 26.3. The Morgan fingerprint density at radius 1 is 1.17 bits per heavy atom. The minimum atomic E-state index is -0.283. The first-order valence-electron chi connectivity index (χ1n) is 7.93. The van der Waals surface area contributed by atoms with Crippen molar-refractivity contribution in [2.45, 2.75) is 26.3 Å². The zero-order valence-corrected chi connectivity index (χ0v) is 15.1. The highest BCUT2D eigenvalue weighted by Crippen LogP contribution is 2.21. The summed E-state index contributed by atoms with van der Waals surface area (Å²) in [5, 5.41) is 2.78. The molecule has 2 aromatic rings. The molecule has 24 heavy (non-hydrogen) atoms. The van der Waals surface area contributed by atoms with Crippen molar-refractivity contribution >= 4 is 33.4 Å². The lowest BCUT2D eigenvalue weighted by molar-refractivity contribution is -0.135. The summed E-state index contributed by atoms with van der Waals surface area (Å²) in [7, 11) is 0. The van der Waals surface area contributed by atoms with Crippen LogP contribution in [0.5, 0.6) is 0 Å². The van der Waals surface area contributed by atoms with Gasteiger partial charge in [-0.3, -0.25) is 9.59 Å². The van der Waals surface area contributed by atoms with Gasteiger partial charge in [0.1, 0.15) is 6.42 Å². The second-order valence-electron chi connectivity index (χ2n) is 6.02. The van der Waals surface area contributed by atoms with E-state index in [2.05, 4.69) is 27.3 Å². The summed E-state index contributed by atoms with van der Waals surface area (Å²) in [6.45, 7) is 3.23. The first kappa shape index (κ1) is 16.7. The molecule has 1 heterocycles. The highest BCUT2D eigenvalue weighted by molar-refractivity contribution is 9.10. The van der Waals surface area contributed by atoms with Crippen LogP contribution in [0.25, 0.3) is 0 Å². The number of rotatable bonds is 3. The number of anilines is 1. The van der Waals surface area contributed by atoms with Crippen LogP contribution >= 0.6 is 15.9 Å². The number of fused-ring (bicyclic) bond motifs is 1. The molecule has 0 bridgehead atoms. The molecule has 0 saturated carbocycles. The van der Waals surface area contributed by atoms with Gasteiger partial charge in [-0.15, -0.1) is 0 Å². The lowest BCUT2D eigenvalue weighted by Gasteiger charge is -2.28. The topological polar surface area (TPSA) is 49.4 Å². The first-order chi connectivity index (χ1) is 11.5. The van der Waals surface area contributed by atoms with Crippen molar-refractivity contribution in [3.63, 3.8) is 0 Å². The molecule has 0 aliphatic carbocycles. The molecule has 0 spiro atoms. The van der Waals surface area contributed by atoms with E-state index in [1.807, 2.05) is 43.3 Å². The Balaban J connectivity index is 1.58. The number of benzene rings is 2. The molecule has 0 saturated heterocycles. The first-order valence-corrected chi connectivity index (χ1v) is 8.73. The van der Waals surface area contributed by atoms with Gasteiger partial charge < -0.3 is 10.2 Å². The smallest absolute Gasteiger partial charge is 0.233 e. The van der Waals surface area contributed by atoms with Crippen LogP contribution in [0.4, 0.5) is 5.69 Å². The summed E-state index contributed by atoms with van der Waals surface area (Å²) >= 11 is 3.44. The molecule has 0 unspecified atom stereocenters. The van der Waals surface area contributed by atoms with Gasteiger partial charge in [-0.1, -0.05) is 46.3 Å². The van der Waals surface area contributed by atoms with Gasteiger partial charge in [-0.2, -0.15) is 0 Å². The third kappa shape index (κ3) is 3.85. The molecular formula is C19H19BrN2O2. The number of carbonyl (C=O) groups is 2. The van der Waals surface area contributed by atoms with Crippen LogP contribution in [0.1, 0.15) is 23.1 Å². The molecule has 5 heteroatoms. The van der Waals surface area contributed by atoms with Gasteiger partial charge in [0.2, 0.25) is 11.8 Å². The van der Waals surface area contributed by atoms with Gasteiger partial charge in [0.05, 0.1) is 0 Å². The van der Waals surface area contributed by atoms with Gasteiger partial charge >= 0.3 is 0 Å². The number of carbonyl (C=O) groups excluding carboxylic acids is 2. The van der Waals surface area contributed by atoms with Gasteiger partial charge in [0.25, 0.3) is 0 Å². The molecule has 124 valence electrons. The Morgan fingerprint density at radius 2 is 1.92 bits per heavy atom. The fraction of sp³-hybridized carbons (Fsp3) is 0.263. The number of hydrogen-bond acceptors (Lipinski definition) is 2. The van der Waals surface area contributed by atoms with Gasteiger partial charge in [-0.25, -0.2) is 0 Å². The molecule has 0 radical (unpaired) electrons. The van der Waals surface area contributed by atoms with E-state index < -0.39 is 0 Å². The molecule has 2 aromatic carbocycles. The quantitative estimate of drug-likeness (QED) is 0.818. The number of nitrogens with one attached hydrogen (secondary N) is 1. The molecule has 1 N–H and O–H groups in total. The van der Waals surface area contributed by atoms with Gasteiger partial charge in [0, 0.05) is 23.2 Å². The fourth-order valence-electron chi connectivity index (χ4n) is 2.83. The van der Waals surface area contributed by atoms with Crippen LogP contribution in [0.2, 0.25) is 0 Å². The third-order valence-electron chi connectivity index (χ3n) is 4.25. The highest BCUT2D eigenvalue weighted by atomic mass is 79.9. The summed E-state index contributed by atoms with van der Waals surface area (Å²) in [5.74, 6) is -0.414. The molecule has 0 atom stereocenters. The van der Waals surface area contributed by atoms with E-state index in [4.69, 9.17) is 0 Å². The van der Waals surface area contributed by atoms with Crippen molar-refractivity contribution in [3.05, 3.63) is 63.6 Å². The number of aryl methyl sites for hydroxylation is 1. The zero-order valence-electron chi connectivity index (χ0n) is 13.5. The molecule has 3 rings (SSSR count). The van der Waals surface area contributed by atoms with Crippen molar-refractivity contribution in [3.8, 4) is 0 Å². The minimum absolute atomic E-state index is 0.131. The summed E-state index contributed by atoms with van der Waals surface area (Å²) in [6.07, 6.45) is 0.710. The Bertz CT molecular complexity index is 789. The molecule has 0 aromatic heterocycles. The summed E-state index contributed by atoms with van der Waals surface area (Å²) in [5.41, 5.74) is 4.24. The van der Waals surface area contributed by atoms with Crippen LogP contribution in [0.15, 0.2) is 46.9 Å². The predicted octanol–water partition coefficient (Wildman–Crippen LogP) is 3.67. The molecular weight excluding hydrogens is 368 g/mol. The van der Waals surface area contributed by atoms with E-state index in [1.54, 1.807) is 4.90 Å². The fourth-order valence-corrected chi connectivity index (χ4v) is 3.21. The average Bonchev–Trinajstić information content (AvgIpc) is 2.57. The minimum Gasteiger partial charge on any atom is -0.338 e. The summed E-state index contributed by atoms with van der Waals surface area (Å²) in [6, 6.07) is 13.7. The zero-order chi connectivity index (χ0) is 17.1. The Hall–Kier alpha value is -2.14. The highest BCUT2D eigenvalue weighted by Gasteiger charge is 2.22. The molecule has 4 nitrogen and oxygen atoms in total. The van der Waals surface area contributed by atoms with Crippen LogP contribution in [0.3, 0.4) is 0 Å². The van der Waals surface area contributed by atoms with E-state index in [0.29, 0.717) is 18.8 Å². The van der Waals surface area contributed by atoms with Crippen LogP contribution in [-0.2, 0) is 22.6 Å². The van der Waals surface area contributed by atoms with Crippen molar-refractivity contribution in [1.29, 1.82) is 0 Å². The monoisotopic (exact) mass is 386 g/mol. The largest absolute Gasteiger partial charge is 0.338 e. The predicted molar refractivity (Wildman–Crippen MR) is 97.7 cm³/mol. The van der Waals surface area contributed by atoms with Crippen molar-refractivity contribution in [1.82, 2.24) is 4.90 Å².